The Kier molecular flexibility index (Phi) is 4.67. The van der Waals surface area contributed by atoms with Gasteiger partial charge in [-0.2, -0.15) is 0 Å². The number of rotatable bonds is 5. The van der Waals surface area contributed by atoms with Gasteiger partial charge in [0.15, 0.2) is 11.2 Å². The lowest BCUT2D eigenvalue weighted by atomic mass is 10.3. The predicted molar refractivity (Wildman–Crippen MR) is 90.7 cm³/mol. The molecule has 1 N–H and O–H groups in total. The van der Waals surface area contributed by atoms with Gasteiger partial charge >= 0.3 is 11.7 Å². The Balaban J connectivity index is 1.76. The summed E-state index contributed by atoms with van der Waals surface area (Å²) in [4.78, 5) is 44.0. The van der Waals surface area contributed by atoms with E-state index in [9.17, 15) is 19.5 Å². The van der Waals surface area contributed by atoms with Gasteiger partial charge in [0.2, 0.25) is 0 Å². The molecule has 0 aliphatic carbocycles. The minimum absolute atomic E-state index is 0.0235. The third kappa shape index (κ3) is 3.14. The second-order valence-corrected chi connectivity index (χ2v) is 5.77. The van der Waals surface area contributed by atoms with E-state index in [-0.39, 0.29) is 29.9 Å². The number of ether oxygens (including phenoxy) is 1. The van der Waals surface area contributed by atoms with Gasteiger partial charge in [-0.3, -0.25) is 18.9 Å². The first-order valence-corrected chi connectivity index (χ1v) is 7.76. The molecule has 0 aromatic carbocycles. The van der Waals surface area contributed by atoms with E-state index in [1.165, 1.54) is 42.0 Å². The third-order valence-corrected chi connectivity index (χ3v) is 3.93. The zero-order chi connectivity index (χ0) is 18.8. The van der Waals surface area contributed by atoms with Crippen molar-refractivity contribution >= 4 is 17.1 Å². The molecular formula is C16H17N5O5. The van der Waals surface area contributed by atoms with Gasteiger partial charge in [0, 0.05) is 26.5 Å². The SMILES string of the molecule is Cn1c(=O)c2c(ncn2C[C@@H](O)COC(=O)c2cccnc2)n(C)c1=O. The molecule has 136 valence electrons. The quantitative estimate of drug-likeness (QED) is 0.583. The van der Waals surface area contributed by atoms with Crippen molar-refractivity contribution in [2.75, 3.05) is 6.61 Å². The zero-order valence-corrected chi connectivity index (χ0v) is 14.2. The van der Waals surface area contributed by atoms with Crippen molar-refractivity contribution in [1.29, 1.82) is 0 Å². The second kappa shape index (κ2) is 6.92. The highest BCUT2D eigenvalue weighted by Crippen LogP contribution is 2.07. The molecular weight excluding hydrogens is 342 g/mol. The number of fused-ring (bicyclic) bond motifs is 1. The number of nitrogens with zero attached hydrogens (tertiary/aromatic N) is 5. The molecule has 0 saturated carbocycles. The number of aryl methyl sites for hydroxylation is 1. The standard InChI is InChI=1S/C16H17N5O5/c1-19-13-12(14(23)20(2)16(19)25)21(9-18-13)7-11(22)8-26-15(24)10-4-3-5-17-6-10/h3-6,9,11,22H,7-8H2,1-2H3/t11-/m1/s1. The molecule has 0 radical (unpaired) electrons. The summed E-state index contributed by atoms with van der Waals surface area (Å²) in [5.74, 6) is -0.606. The highest BCUT2D eigenvalue weighted by Gasteiger charge is 2.17. The Labute approximate surface area is 146 Å². The number of hydrogen-bond acceptors (Lipinski definition) is 7. The molecule has 26 heavy (non-hydrogen) atoms. The van der Waals surface area contributed by atoms with E-state index < -0.39 is 23.3 Å². The largest absolute Gasteiger partial charge is 0.459 e. The smallest absolute Gasteiger partial charge is 0.339 e. The molecule has 0 aliphatic heterocycles. The van der Waals surface area contributed by atoms with Gasteiger partial charge in [0.25, 0.3) is 5.56 Å². The normalized spacial score (nSPS) is 12.3. The lowest BCUT2D eigenvalue weighted by Gasteiger charge is -2.13. The fourth-order valence-electron chi connectivity index (χ4n) is 2.55. The first-order chi connectivity index (χ1) is 12.4. The molecule has 0 amide bonds. The van der Waals surface area contributed by atoms with Crippen molar-refractivity contribution in [2.45, 2.75) is 12.6 Å². The van der Waals surface area contributed by atoms with Crippen LogP contribution in [0.3, 0.4) is 0 Å². The van der Waals surface area contributed by atoms with Crippen molar-refractivity contribution in [3.05, 3.63) is 57.3 Å². The van der Waals surface area contributed by atoms with Crippen LogP contribution in [-0.2, 0) is 25.4 Å². The number of hydrogen-bond donors (Lipinski definition) is 1. The molecule has 0 spiro atoms. The zero-order valence-electron chi connectivity index (χ0n) is 14.2. The van der Waals surface area contributed by atoms with Crippen molar-refractivity contribution in [1.82, 2.24) is 23.7 Å². The van der Waals surface area contributed by atoms with E-state index in [4.69, 9.17) is 4.74 Å². The summed E-state index contributed by atoms with van der Waals surface area (Å²) in [6, 6.07) is 3.15. The Morgan fingerprint density at radius 1 is 1.31 bits per heavy atom. The van der Waals surface area contributed by atoms with Crippen molar-refractivity contribution in [3.63, 3.8) is 0 Å². The van der Waals surface area contributed by atoms with Crippen LogP contribution in [0.2, 0.25) is 0 Å². The van der Waals surface area contributed by atoms with Crippen LogP contribution in [0.5, 0.6) is 0 Å². The van der Waals surface area contributed by atoms with Gasteiger partial charge in [0.05, 0.1) is 18.4 Å². The number of aliphatic hydroxyl groups is 1. The average Bonchev–Trinajstić information content (AvgIpc) is 3.07. The number of imidazole rings is 1. The number of carbonyl (C=O) groups is 1. The highest BCUT2D eigenvalue weighted by molar-refractivity contribution is 5.88. The Morgan fingerprint density at radius 2 is 2.08 bits per heavy atom. The van der Waals surface area contributed by atoms with Crippen LogP contribution in [0.1, 0.15) is 10.4 Å². The number of pyridine rings is 1. The summed E-state index contributed by atoms with van der Waals surface area (Å²) in [7, 11) is 2.88. The Morgan fingerprint density at radius 3 is 2.77 bits per heavy atom. The molecule has 3 aromatic rings. The summed E-state index contributed by atoms with van der Waals surface area (Å²) >= 11 is 0. The van der Waals surface area contributed by atoms with Crippen LogP contribution in [0.25, 0.3) is 11.2 Å². The number of esters is 1. The Bertz CT molecular complexity index is 1070. The molecule has 0 fully saturated rings. The summed E-state index contributed by atoms with van der Waals surface area (Å²) in [6.45, 7) is -0.288. The molecule has 3 aromatic heterocycles. The van der Waals surface area contributed by atoms with Gasteiger partial charge in [-0.25, -0.2) is 14.6 Å². The van der Waals surface area contributed by atoms with E-state index in [1.54, 1.807) is 12.1 Å². The lowest BCUT2D eigenvalue weighted by molar-refractivity contribution is 0.0219. The van der Waals surface area contributed by atoms with E-state index in [2.05, 4.69) is 9.97 Å². The maximum Gasteiger partial charge on any atom is 0.339 e. The van der Waals surface area contributed by atoms with Crippen molar-refractivity contribution < 1.29 is 14.6 Å². The van der Waals surface area contributed by atoms with Gasteiger partial charge in [-0.05, 0) is 12.1 Å². The van der Waals surface area contributed by atoms with E-state index in [1.807, 2.05) is 0 Å². The van der Waals surface area contributed by atoms with Crippen molar-refractivity contribution in [3.8, 4) is 0 Å². The fraction of sp³-hybridized carbons (Fsp3) is 0.312. The van der Waals surface area contributed by atoms with Gasteiger partial charge in [-0.15, -0.1) is 0 Å². The molecule has 3 rings (SSSR count). The minimum atomic E-state index is -1.06. The third-order valence-electron chi connectivity index (χ3n) is 3.93. The minimum Gasteiger partial charge on any atom is -0.459 e. The van der Waals surface area contributed by atoms with Gasteiger partial charge in [-0.1, -0.05) is 0 Å². The molecule has 0 aliphatic rings. The summed E-state index contributed by atoms with van der Waals surface area (Å²) < 4.78 is 8.70. The van der Waals surface area contributed by atoms with E-state index >= 15 is 0 Å². The molecule has 0 unspecified atom stereocenters. The lowest BCUT2D eigenvalue weighted by Crippen LogP contribution is -2.38. The summed E-state index contributed by atoms with van der Waals surface area (Å²) in [6.07, 6.45) is 3.19. The monoisotopic (exact) mass is 359 g/mol. The number of aromatic nitrogens is 5. The summed E-state index contributed by atoms with van der Waals surface area (Å²) in [5, 5.41) is 10.1. The van der Waals surface area contributed by atoms with Crippen LogP contribution in [0.15, 0.2) is 40.4 Å². The molecule has 0 bridgehead atoms. The molecule has 1 atom stereocenters. The molecule has 10 nitrogen and oxygen atoms in total. The predicted octanol–water partition coefficient (Wildman–Crippen LogP) is -0.953. The molecule has 10 heteroatoms. The second-order valence-electron chi connectivity index (χ2n) is 5.77. The number of aliphatic hydroxyl groups excluding tert-OH is 1. The topological polar surface area (TPSA) is 121 Å². The van der Waals surface area contributed by atoms with Crippen LogP contribution in [-0.4, -0.2) is 47.5 Å². The average molecular weight is 359 g/mol. The molecule has 3 heterocycles. The summed E-state index contributed by atoms with van der Waals surface area (Å²) in [5.41, 5.74) is -0.319. The van der Waals surface area contributed by atoms with Crippen LogP contribution >= 0.6 is 0 Å². The van der Waals surface area contributed by atoms with Crippen LogP contribution in [0.4, 0.5) is 0 Å². The fourth-order valence-corrected chi connectivity index (χ4v) is 2.55. The van der Waals surface area contributed by atoms with Crippen LogP contribution < -0.4 is 11.2 Å². The van der Waals surface area contributed by atoms with Gasteiger partial charge in [0.1, 0.15) is 12.7 Å². The van der Waals surface area contributed by atoms with Gasteiger partial charge < -0.3 is 14.4 Å². The van der Waals surface area contributed by atoms with Crippen molar-refractivity contribution in [2.24, 2.45) is 14.1 Å². The first kappa shape index (κ1) is 17.5. The van der Waals surface area contributed by atoms with E-state index in [0.29, 0.717) is 0 Å². The highest BCUT2D eigenvalue weighted by atomic mass is 16.5. The van der Waals surface area contributed by atoms with Crippen LogP contribution in [0, 0.1) is 0 Å². The first-order valence-electron chi connectivity index (χ1n) is 7.76. The maximum atomic E-state index is 12.3. The number of carbonyl (C=O) groups excluding carboxylic acids is 1. The maximum absolute atomic E-state index is 12.3. The van der Waals surface area contributed by atoms with E-state index in [0.717, 1.165) is 4.57 Å². The Hall–Kier alpha value is -3.27. The molecule has 0 saturated heterocycles.